The van der Waals surface area contributed by atoms with Gasteiger partial charge in [-0.1, -0.05) is 116 Å². The first-order valence-electron chi connectivity index (χ1n) is 14.2. The molecule has 0 heterocycles. The second-order valence-corrected chi connectivity index (χ2v) is 10.6. The fourth-order valence-electron chi connectivity index (χ4n) is 4.09. The molecule has 0 aromatic rings. The number of hydrogen-bond donors (Lipinski definition) is 1. The maximum Gasteiger partial charge on any atom is 0.105 e. The van der Waals surface area contributed by atoms with E-state index in [0.717, 1.165) is 38.2 Å². The zero-order valence-electron chi connectivity index (χ0n) is 21.9. The van der Waals surface area contributed by atoms with Gasteiger partial charge in [-0.3, -0.25) is 0 Å². The van der Waals surface area contributed by atoms with E-state index in [2.05, 4.69) is 6.92 Å². The lowest BCUT2D eigenvalue weighted by Crippen LogP contribution is -2.11. The van der Waals surface area contributed by atoms with Crippen LogP contribution in [0.2, 0.25) is 0 Å². The third kappa shape index (κ3) is 26.5. The molecule has 0 radical (unpaired) electrons. The summed E-state index contributed by atoms with van der Waals surface area (Å²) in [4.78, 5) is 0. The predicted molar refractivity (Wildman–Crippen MR) is 144 cm³/mol. The molecule has 1 N–H and O–H groups in total. The fourth-order valence-corrected chi connectivity index (χ4v) is 5.12. The quantitative estimate of drug-likeness (QED) is 0.0907. The Balaban J connectivity index is 3.19. The van der Waals surface area contributed by atoms with Crippen LogP contribution in [0.25, 0.3) is 0 Å². The van der Waals surface area contributed by atoms with E-state index < -0.39 is 0 Å². The van der Waals surface area contributed by atoms with Gasteiger partial charge < -0.3 is 14.6 Å². The van der Waals surface area contributed by atoms with Crippen LogP contribution in [0.15, 0.2) is 0 Å². The number of unbranched alkanes of at least 4 members (excludes halogenated alkanes) is 18. The number of aliphatic hydroxyl groups excluding tert-OH is 1. The summed E-state index contributed by atoms with van der Waals surface area (Å²) in [5, 5.41) is 8.80. The Morgan fingerprint density at radius 1 is 0.594 bits per heavy atom. The molecule has 0 amide bonds. The van der Waals surface area contributed by atoms with Crippen LogP contribution in [0.4, 0.5) is 0 Å². The molecular formula is C28H58O3S. The van der Waals surface area contributed by atoms with Gasteiger partial charge in [-0.15, -0.1) is 11.8 Å². The summed E-state index contributed by atoms with van der Waals surface area (Å²) in [6, 6.07) is 0. The molecule has 0 fully saturated rings. The van der Waals surface area contributed by atoms with Gasteiger partial charge in [0, 0.05) is 33.4 Å². The van der Waals surface area contributed by atoms with Crippen molar-refractivity contribution in [2.75, 3.05) is 32.7 Å². The molecule has 0 aliphatic rings. The van der Waals surface area contributed by atoms with Crippen LogP contribution in [0.3, 0.4) is 0 Å². The van der Waals surface area contributed by atoms with Crippen LogP contribution in [-0.2, 0) is 9.47 Å². The molecule has 0 bridgehead atoms. The number of thioether (sulfide) groups is 1. The van der Waals surface area contributed by atoms with E-state index in [1.807, 2.05) is 11.8 Å². The van der Waals surface area contributed by atoms with Crippen LogP contribution < -0.4 is 0 Å². The first kappa shape index (κ1) is 32.2. The third-order valence-electron chi connectivity index (χ3n) is 6.26. The Hall–Kier alpha value is 0.230. The Bertz CT molecular complexity index is 328. The molecule has 0 aliphatic carbocycles. The van der Waals surface area contributed by atoms with Gasteiger partial charge in [0.2, 0.25) is 0 Å². The van der Waals surface area contributed by atoms with E-state index in [9.17, 15) is 0 Å². The van der Waals surface area contributed by atoms with Gasteiger partial charge in [0.15, 0.2) is 0 Å². The normalized spacial score (nSPS) is 12.5. The molecule has 0 saturated heterocycles. The second-order valence-electron chi connectivity index (χ2n) is 9.38. The summed E-state index contributed by atoms with van der Waals surface area (Å²) < 4.78 is 11.4. The standard InChI is InChI=1S/C28H58O3S/c1-3-4-5-6-7-8-9-10-11-12-13-14-15-16-18-21-25-31-26-23-28(30-2)32-27-22-19-17-20-24-29/h28-29H,3-27H2,1-2H3. The van der Waals surface area contributed by atoms with Crippen molar-refractivity contribution >= 4 is 11.8 Å². The monoisotopic (exact) mass is 474 g/mol. The lowest BCUT2D eigenvalue weighted by Gasteiger charge is -2.15. The van der Waals surface area contributed by atoms with E-state index >= 15 is 0 Å². The molecule has 194 valence electrons. The SMILES string of the molecule is CCCCCCCCCCCCCCCCCCOCCC(OC)SCCCCCCO. The average molecular weight is 475 g/mol. The van der Waals surface area contributed by atoms with Gasteiger partial charge in [-0.05, 0) is 25.0 Å². The van der Waals surface area contributed by atoms with Gasteiger partial charge >= 0.3 is 0 Å². The molecule has 1 atom stereocenters. The summed E-state index contributed by atoms with van der Waals surface area (Å²) in [6.45, 7) is 4.33. The van der Waals surface area contributed by atoms with E-state index in [4.69, 9.17) is 14.6 Å². The van der Waals surface area contributed by atoms with Gasteiger partial charge in [0.1, 0.15) is 5.44 Å². The molecule has 0 aromatic carbocycles. The molecule has 0 aromatic heterocycles. The molecule has 1 unspecified atom stereocenters. The third-order valence-corrected chi connectivity index (χ3v) is 7.58. The fraction of sp³-hybridized carbons (Fsp3) is 1.00. The Morgan fingerprint density at radius 2 is 1.06 bits per heavy atom. The van der Waals surface area contributed by atoms with Gasteiger partial charge in [0.05, 0.1) is 0 Å². The molecule has 0 rings (SSSR count). The number of hydrogen-bond acceptors (Lipinski definition) is 4. The van der Waals surface area contributed by atoms with Crippen molar-refractivity contribution in [1.82, 2.24) is 0 Å². The summed E-state index contributed by atoms with van der Waals surface area (Å²) in [5.41, 5.74) is 0.263. The highest BCUT2D eigenvalue weighted by Crippen LogP contribution is 2.18. The molecule has 0 saturated carbocycles. The Morgan fingerprint density at radius 3 is 1.56 bits per heavy atom. The number of aliphatic hydroxyl groups is 1. The van der Waals surface area contributed by atoms with E-state index in [0.29, 0.717) is 6.61 Å². The van der Waals surface area contributed by atoms with Gasteiger partial charge in [-0.2, -0.15) is 0 Å². The molecule has 32 heavy (non-hydrogen) atoms. The molecular weight excluding hydrogens is 416 g/mol. The number of methoxy groups -OCH3 is 1. The molecule has 0 spiro atoms. The van der Waals surface area contributed by atoms with E-state index in [1.54, 1.807) is 7.11 Å². The van der Waals surface area contributed by atoms with Crippen molar-refractivity contribution in [3.63, 3.8) is 0 Å². The van der Waals surface area contributed by atoms with Gasteiger partial charge in [-0.25, -0.2) is 0 Å². The summed E-state index contributed by atoms with van der Waals surface area (Å²) >= 11 is 1.90. The van der Waals surface area contributed by atoms with Crippen LogP contribution in [0, 0.1) is 0 Å². The van der Waals surface area contributed by atoms with Crippen molar-refractivity contribution in [2.24, 2.45) is 0 Å². The van der Waals surface area contributed by atoms with Crippen LogP contribution >= 0.6 is 11.8 Å². The Labute approximate surface area is 206 Å². The van der Waals surface area contributed by atoms with Crippen LogP contribution in [0.5, 0.6) is 0 Å². The van der Waals surface area contributed by atoms with Crippen LogP contribution in [0.1, 0.15) is 142 Å². The van der Waals surface area contributed by atoms with Crippen molar-refractivity contribution in [2.45, 2.75) is 147 Å². The highest BCUT2D eigenvalue weighted by atomic mass is 32.2. The summed E-state index contributed by atoms with van der Waals surface area (Å²) in [7, 11) is 1.80. The van der Waals surface area contributed by atoms with Crippen molar-refractivity contribution in [3.05, 3.63) is 0 Å². The van der Waals surface area contributed by atoms with Crippen molar-refractivity contribution in [1.29, 1.82) is 0 Å². The lowest BCUT2D eigenvalue weighted by molar-refractivity contribution is 0.0888. The summed E-state index contributed by atoms with van der Waals surface area (Å²) in [6.07, 6.45) is 28.0. The molecule has 0 aliphatic heterocycles. The molecule has 3 nitrogen and oxygen atoms in total. The van der Waals surface area contributed by atoms with Gasteiger partial charge in [0.25, 0.3) is 0 Å². The Kier molecular flexibility index (Phi) is 29.5. The minimum atomic E-state index is 0.263. The lowest BCUT2D eigenvalue weighted by atomic mass is 10.0. The highest BCUT2D eigenvalue weighted by molar-refractivity contribution is 7.99. The minimum absolute atomic E-state index is 0.263. The maximum atomic E-state index is 8.80. The maximum absolute atomic E-state index is 8.80. The molecule has 4 heteroatoms. The van der Waals surface area contributed by atoms with E-state index in [1.165, 1.54) is 116 Å². The van der Waals surface area contributed by atoms with Crippen molar-refractivity contribution < 1.29 is 14.6 Å². The minimum Gasteiger partial charge on any atom is -0.396 e. The van der Waals surface area contributed by atoms with Crippen LogP contribution in [-0.4, -0.2) is 43.2 Å². The second kappa shape index (κ2) is 29.3. The number of ether oxygens (including phenoxy) is 2. The topological polar surface area (TPSA) is 38.7 Å². The smallest absolute Gasteiger partial charge is 0.105 e. The predicted octanol–water partition coefficient (Wildman–Crippen LogP) is 8.91. The number of rotatable bonds is 28. The summed E-state index contributed by atoms with van der Waals surface area (Å²) in [5.74, 6) is 1.14. The van der Waals surface area contributed by atoms with E-state index in [-0.39, 0.29) is 5.44 Å². The highest BCUT2D eigenvalue weighted by Gasteiger charge is 2.07. The first-order valence-corrected chi connectivity index (χ1v) is 15.2. The zero-order chi connectivity index (χ0) is 23.4. The first-order chi connectivity index (χ1) is 15.8. The average Bonchev–Trinajstić information content (AvgIpc) is 2.81. The zero-order valence-corrected chi connectivity index (χ0v) is 22.7. The largest absolute Gasteiger partial charge is 0.396 e. The van der Waals surface area contributed by atoms with Crippen molar-refractivity contribution in [3.8, 4) is 0 Å².